The maximum Gasteiger partial charge on any atom is 0.239 e. The molecule has 3 N–H and O–H groups in total. The van der Waals surface area contributed by atoms with E-state index in [1.165, 1.54) is 12.7 Å². The Morgan fingerprint density at radius 3 is 2.65 bits per heavy atom. The molecule has 1 unspecified atom stereocenters. The number of carbonyl (C=O) groups is 1. The Balaban J connectivity index is 2.52. The van der Waals surface area contributed by atoms with Crippen LogP contribution in [0.2, 0.25) is 0 Å². The van der Waals surface area contributed by atoms with Crippen LogP contribution in [-0.2, 0) is 22.5 Å². The highest BCUT2D eigenvalue weighted by Crippen LogP contribution is 2.08. The average Bonchev–Trinajstić information content (AvgIpc) is 2.36. The van der Waals surface area contributed by atoms with Gasteiger partial charge in [-0.05, 0) is 17.5 Å². The van der Waals surface area contributed by atoms with Crippen molar-refractivity contribution in [1.29, 1.82) is 0 Å². The maximum absolute atomic E-state index is 11.6. The third kappa shape index (κ3) is 4.17. The molecule has 4 heteroatoms. The van der Waals surface area contributed by atoms with E-state index in [1.807, 2.05) is 18.2 Å². The van der Waals surface area contributed by atoms with Crippen molar-refractivity contribution in [3.63, 3.8) is 0 Å². The van der Waals surface area contributed by atoms with Gasteiger partial charge in [-0.25, -0.2) is 0 Å². The van der Waals surface area contributed by atoms with Crippen molar-refractivity contribution in [3.8, 4) is 0 Å². The normalized spacial score (nSPS) is 12.2. The molecule has 94 valence electrons. The summed E-state index contributed by atoms with van der Waals surface area (Å²) in [5.74, 6) is -0.183. The minimum Gasteiger partial charge on any atom is -0.383 e. The van der Waals surface area contributed by atoms with Gasteiger partial charge < -0.3 is 15.8 Å². The topological polar surface area (TPSA) is 64.4 Å². The van der Waals surface area contributed by atoms with Crippen molar-refractivity contribution in [2.45, 2.75) is 25.9 Å². The van der Waals surface area contributed by atoms with Crippen LogP contribution in [-0.4, -0.2) is 25.7 Å². The van der Waals surface area contributed by atoms with Gasteiger partial charge in [0.25, 0.3) is 0 Å². The predicted octanol–water partition coefficient (Wildman–Crippen LogP) is 0.839. The van der Waals surface area contributed by atoms with E-state index in [9.17, 15) is 4.79 Å². The van der Waals surface area contributed by atoms with E-state index < -0.39 is 6.04 Å². The van der Waals surface area contributed by atoms with Crippen molar-refractivity contribution >= 4 is 5.91 Å². The minimum atomic E-state index is -0.603. The Kier molecular flexibility index (Phi) is 5.66. The minimum absolute atomic E-state index is 0.183. The lowest BCUT2D eigenvalue weighted by Gasteiger charge is -2.13. The smallest absolute Gasteiger partial charge is 0.239 e. The number of aryl methyl sites for hydroxylation is 1. The van der Waals surface area contributed by atoms with Gasteiger partial charge in [-0.1, -0.05) is 31.2 Å². The summed E-state index contributed by atoms with van der Waals surface area (Å²) in [5.41, 5.74) is 8.00. The molecule has 1 aromatic rings. The number of amides is 1. The van der Waals surface area contributed by atoms with Gasteiger partial charge in [0.05, 0.1) is 6.61 Å². The molecular weight excluding hydrogens is 216 g/mol. The van der Waals surface area contributed by atoms with E-state index in [1.54, 1.807) is 0 Å². The van der Waals surface area contributed by atoms with Gasteiger partial charge in [0.2, 0.25) is 5.91 Å². The Labute approximate surface area is 102 Å². The monoisotopic (exact) mass is 236 g/mol. The largest absolute Gasteiger partial charge is 0.383 e. The van der Waals surface area contributed by atoms with Crippen molar-refractivity contribution in [2.75, 3.05) is 13.7 Å². The summed E-state index contributed by atoms with van der Waals surface area (Å²) in [6.45, 7) is 2.85. The third-order valence-electron chi connectivity index (χ3n) is 2.64. The third-order valence-corrected chi connectivity index (χ3v) is 2.64. The number of methoxy groups -OCH3 is 1. The molecule has 0 saturated carbocycles. The molecule has 0 spiro atoms. The van der Waals surface area contributed by atoms with Gasteiger partial charge in [-0.3, -0.25) is 4.79 Å². The first kappa shape index (κ1) is 13.7. The van der Waals surface area contributed by atoms with Gasteiger partial charge in [0, 0.05) is 13.7 Å². The molecule has 0 aliphatic rings. The molecule has 0 bridgehead atoms. The molecule has 0 heterocycles. The summed E-state index contributed by atoms with van der Waals surface area (Å²) in [4.78, 5) is 11.6. The van der Waals surface area contributed by atoms with Crippen LogP contribution in [0.4, 0.5) is 0 Å². The number of hydrogen-bond donors (Lipinski definition) is 2. The highest BCUT2D eigenvalue weighted by Gasteiger charge is 2.12. The van der Waals surface area contributed by atoms with Crippen LogP contribution in [0.5, 0.6) is 0 Å². The Morgan fingerprint density at radius 1 is 1.41 bits per heavy atom. The van der Waals surface area contributed by atoms with E-state index >= 15 is 0 Å². The molecule has 0 aromatic heterocycles. The molecule has 1 amide bonds. The van der Waals surface area contributed by atoms with Crippen LogP contribution >= 0.6 is 0 Å². The number of nitrogens with one attached hydrogen (secondary N) is 1. The van der Waals surface area contributed by atoms with Gasteiger partial charge in [0.1, 0.15) is 6.04 Å². The fourth-order valence-electron chi connectivity index (χ4n) is 1.64. The summed E-state index contributed by atoms with van der Waals surface area (Å²) >= 11 is 0. The summed E-state index contributed by atoms with van der Waals surface area (Å²) in [5, 5.41) is 2.81. The second kappa shape index (κ2) is 7.04. The molecule has 1 atom stereocenters. The van der Waals surface area contributed by atoms with Crippen molar-refractivity contribution in [2.24, 2.45) is 5.73 Å². The Hall–Kier alpha value is -1.39. The highest BCUT2D eigenvalue weighted by molar-refractivity contribution is 5.81. The second-order valence-electron chi connectivity index (χ2n) is 3.90. The molecular formula is C13H20N2O2. The summed E-state index contributed by atoms with van der Waals surface area (Å²) in [7, 11) is 1.53. The highest BCUT2D eigenvalue weighted by atomic mass is 16.5. The summed E-state index contributed by atoms with van der Waals surface area (Å²) in [6, 6.07) is 7.45. The van der Waals surface area contributed by atoms with Crippen molar-refractivity contribution < 1.29 is 9.53 Å². The number of nitrogens with two attached hydrogens (primary N) is 1. The number of rotatable bonds is 6. The fraction of sp³-hybridized carbons (Fsp3) is 0.462. The van der Waals surface area contributed by atoms with Gasteiger partial charge >= 0.3 is 0 Å². The fourth-order valence-corrected chi connectivity index (χ4v) is 1.64. The molecule has 4 nitrogen and oxygen atoms in total. The lowest BCUT2D eigenvalue weighted by Crippen LogP contribution is -2.43. The van der Waals surface area contributed by atoms with Crippen LogP contribution in [0.25, 0.3) is 0 Å². The van der Waals surface area contributed by atoms with Crippen LogP contribution in [0, 0.1) is 0 Å². The second-order valence-corrected chi connectivity index (χ2v) is 3.90. The van der Waals surface area contributed by atoms with Crippen LogP contribution < -0.4 is 11.1 Å². The van der Waals surface area contributed by atoms with Crippen molar-refractivity contribution in [3.05, 3.63) is 35.4 Å². The van der Waals surface area contributed by atoms with Gasteiger partial charge in [-0.2, -0.15) is 0 Å². The summed E-state index contributed by atoms with van der Waals surface area (Å²) < 4.78 is 4.84. The molecule has 1 rings (SSSR count). The Morgan fingerprint density at radius 2 is 2.06 bits per heavy atom. The summed E-state index contributed by atoms with van der Waals surface area (Å²) in [6.07, 6.45) is 0.955. The first-order chi connectivity index (χ1) is 8.19. The predicted molar refractivity (Wildman–Crippen MR) is 67.5 cm³/mol. The number of hydrogen-bond acceptors (Lipinski definition) is 3. The van der Waals surface area contributed by atoms with E-state index in [4.69, 9.17) is 10.5 Å². The zero-order valence-electron chi connectivity index (χ0n) is 10.4. The van der Waals surface area contributed by atoms with E-state index in [0.29, 0.717) is 6.54 Å². The molecule has 17 heavy (non-hydrogen) atoms. The van der Waals surface area contributed by atoms with Gasteiger partial charge in [0.15, 0.2) is 0 Å². The zero-order valence-corrected chi connectivity index (χ0v) is 10.4. The molecule has 0 aliphatic carbocycles. The lowest BCUT2D eigenvalue weighted by molar-refractivity contribution is -0.123. The molecule has 0 aliphatic heterocycles. The SMILES string of the molecule is CCc1ccccc1CNC(=O)C(N)COC. The lowest BCUT2D eigenvalue weighted by atomic mass is 10.1. The van der Waals surface area contributed by atoms with E-state index in [2.05, 4.69) is 18.3 Å². The van der Waals surface area contributed by atoms with Gasteiger partial charge in [-0.15, -0.1) is 0 Å². The first-order valence-corrected chi connectivity index (χ1v) is 5.78. The Bertz CT molecular complexity index is 366. The van der Waals surface area contributed by atoms with E-state index in [-0.39, 0.29) is 12.5 Å². The molecule has 0 fully saturated rings. The van der Waals surface area contributed by atoms with Crippen LogP contribution in [0.15, 0.2) is 24.3 Å². The first-order valence-electron chi connectivity index (χ1n) is 5.78. The molecule has 0 radical (unpaired) electrons. The number of carbonyl (C=O) groups excluding carboxylic acids is 1. The molecule has 1 aromatic carbocycles. The van der Waals surface area contributed by atoms with Crippen molar-refractivity contribution in [1.82, 2.24) is 5.32 Å². The number of ether oxygens (including phenoxy) is 1. The maximum atomic E-state index is 11.6. The van der Waals surface area contributed by atoms with E-state index in [0.717, 1.165) is 12.0 Å². The average molecular weight is 236 g/mol. The standard InChI is InChI=1S/C13H20N2O2/c1-3-10-6-4-5-7-11(10)8-15-13(16)12(14)9-17-2/h4-7,12H,3,8-9,14H2,1-2H3,(H,15,16). The zero-order chi connectivity index (χ0) is 12.7. The number of benzene rings is 1. The molecule has 0 saturated heterocycles. The van der Waals surface area contributed by atoms with Crippen LogP contribution in [0.3, 0.4) is 0 Å². The van der Waals surface area contributed by atoms with Crippen LogP contribution in [0.1, 0.15) is 18.1 Å². The quantitative estimate of drug-likeness (QED) is 0.769.